The molecule has 0 heterocycles. The van der Waals surface area contributed by atoms with Crippen LogP contribution >= 0.6 is 15.9 Å². The third-order valence-electron chi connectivity index (χ3n) is 4.11. The molecule has 0 spiro atoms. The van der Waals surface area contributed by atoms with Crippen LogP contribution < -0.4 is 5.48 Å². The van der Waals surface area contributed by atoms with E-state index < -0.39 is 11.7 Å². The van der Waals surface area contributed by atoms with Crippen LogP contribution in [0, 0.1) is 0 Å². The number of nitrogens with one attached hydrogen (secondary N) is 1. The zero-order valence-electron chi connectivity index (χ0n) is 14.0. The van der Waals surface area contributed by atoms with Crippen LogP contribution in [0.25, 0.3) is 11.1 Å². The van der Waals surface area contributed by atoms with Crippen LogP contribution in [0.2, 0.25) is 0 Å². The van der Waals surface area contributed by atoms with Crippen molar-refractivity contribution >= 4 is 27.6 Å². The minimum atomic E-state index is -0.925. The molecule has 132 valence electrons. The summed E-state index contributed by atoms with van der Waals surface area (Å²) in [5.74, 6) is -1.49. The molecule has 2 N–H and O–H groups in total. The van der Waals surface area contributed by atoms with Gasteiger partial charge in [0.1, 0.15) is 0 Å². The third-order valence-corrected chi connectivity index (χ3v) is 4.63. The van der Waals surface area contributed by atoms with E-state index in [4.69, 9.17) is 5.21 Å². The molecule has 0 bridgehead atoms. The maximum atomic E-state index is 11.2. The van der Waals surface area contributed by atoms with Gasteiger partial charge >= 0.3 is 5.91 Å². The zero-order valence-corrected chi connectivity index (χ0v) is 15.6. The number of hydrogen-bond acceptors (Lipinski definition) is 3. The number of rotatable bonds is 9. The summed E-state index contributed by atoms with van der Waals surface area (Å²) in [6, 6.07) is 16.9. The summed E-state index contributed by atoms with van der Waals surface area (Å²) >= 11 is 3.44. The Balaban J connectivity index is 1.69. The molecule has 5 heteroatoms. The summed E-state index contributed by atoms with van der Waals surface area (Å²) in [4.78, 5) is 22.1. The van der Waals surface area contributed by atoms with Crippen molar-refractivity contribution < 1.29 is 14.8 Å². The van der Waals surface area contributed by atoms with E-state index in [1.54, 1.807) is 0 Å². The molecule has 0 fully saturated rings. The van der Waals surface area contributed by atoms with Crippen molar-refractivity contribution in [1.82, 2.24) is 5.48 Å². The SMILES string of the molecule is O=C(CCCCCCc1ccc(-c2ccc(Br)cc2)cc1)C(=O)NO. The number of Topliss-reactive ketones (excluding diaryl/α,β-unsaturated/α-hetero) is 1. The first-order valence-corrected chi connectivity index (χ1v) is 9.21. The highest BCUT2D eigenvalue weighted by Gasteiger charge is 2.11. The molecule has 25 heavy (non-hydrogen) atoms. The van der Waals surface area contributed by atoms with Crippen molar-refractivity contribution in [2.75, 3.05) is 0 Å². The van der Waals surface area contributed by atoms with Gasteiger partial charge < -0.3 is 0 Å². The van der Waals surface area contributed by atoms with E-state index in [2.05, 4.69) is 52.3 Å². The van der Waals surface area contributed by atoms with E-state index in [1.165, 1.54) is 22.2 Å². The van der Waals surface area contributed by atoms with Gasteiger partial charge in [-0.1, -0.05) is 65.2 Å². The Kier molecular flexibility index (Phi) is 7.82. The van der Waals surface area contributed by atoms with E-state index in [9.17, 15) is 9.59 Å². The average Bonchev–Trinajstić information content (AvgIpc) is 2.65. The van der Waals surface area contributed by atoms with Crippen molar-refractivity contribution in [2.24, 2.45) is 0 Å². The molecule has 0 saturated heterocycles. The summed E-state index contributed by atoms with van der Waals surface area (Å²) in [5, 5.41) is 8.35. The summed E-state index contributed by atoms with van der Waals surface area (Å²) in [7, 11) is 0. The fourth-order valence-corrected chi connectivity index (χ4v) is 2.91. The first-order chi connectivity index (χ1) is 12.1. The Morgan fingerprint density at radius 1 is 0.840 bits per heavy atom. The molecule has 0 aliphatic rings. The van der Waals surface area contributed by atoms with Crippen LogP contribution in [-0.2, 0) is 16.0 Å². The zero-order chi connectivity index (χ0) is 18.1. The van der Waals surface area contributed by atoms with Gasteiger partial charge in [-0.2, -0.15) is 0 Å². The highest BCUT2D eigenvalue weighted by atomic mass is 79.9. The molecule has 2 rings (SSSR count). The van der Waals surface area contributed by atoms with Gasteiger partial charge in [-0.25, -0.2) is 5.48 Å². The van der Waals surface area contributed by atoms with E-state index in [1.807, 2.05) is 12.1 Å². The normalized spacial score (nSPS) is 10.5. The number of hydrogen-bond donors (Lipinski definition) is 2. The Morgan fingerprint density at radius 3 is 2.00 bits per heavy atom. The van der Waals surface area contributed by atoms with Crippen LogP contribution in [-0.4, -0.2) is 16.9 Å². The summed E-state index contributed by atoms with van der Waals surface area (Å²) in [6.45, 7) is 0. The molecule has 0 radical (unpaired) electrons. The van der Waals surface area contributed by atoms with Crippen molar-refractivity contribution in [3.05, 3.63) is 58.6 Å². The largest absolute Gasteiger partial charge is 0.310 e. The number of carbonyl (C=O) groups is 2. The van der Waals surface area contributed by atoms with Crippen LogP contribution in [0.15, 0.2) is 53.0 Å². The predicted octanol–water partition coefficient (Wildman–Crippen LogP) is 4.68. The van der Waals surface area contributed by atoms with Crippen molar-refractivity contribution in [3.8, 4) is 11.1 Å². The number of carbonyl (C=O) groups excluding carboxylic acids is 2. The molecule has 0 aliphatic carbocycles. The quantitative estimate of drug-likeness (QED) is 0.276. The molecule has 2 aromatic rings. The van der Waals surface area contributed by atoms with Crippen LogP contribution in [0.1, 0.15) is 37.7 Å². The van der Waals surface area contributed by atoms with E-state index in [0.717, 1.165) is 30.2 Å². The molecule has 0 aliphatic heterocycles. The molecular formula is C20H22BrNO3. The van der Waals surface area contributed by atoms with Crippen molar-refractivity contribution in [2.45, 2.75) is 38.5 Å². The van der Waals surface area contributed by atoms with Gasteiger partial charge in [0.05, 0.1) is 0 Å². The minimum Gasteiger partial charge on any atom is -0.289 e. The fraction of sp³-hybridized carbons (Fsp3) is 0.300. The fourth-order valence-electron chi connectivity index (χ4n) is 2.65. The standard InChI is InChI=1S/C20H22BrNO3/c21-18-13-11-17(12-14-18)16-9-7-15(8-10-16)5-3-1-2-4-6-19(23)20(24)22-25/h7-14,25H,1-6H2,(H,22,24). The first kappa shape index (κ1) is 19.3. The van der Waals surface area contributed by atoms with Gasteiger partial charge in [0, 0.05) is 10.9 Å². The molecule has 4 nitrogen and oxygen atoms in total. The minimum absolute atomic E-state index is 0.189. The molecule has 2 aromatic carbocycles. The van der Waals surface area contributed by atoms with E-state index in [0.29, 0.717) is 6.42 Å². The lowest BCUT2D eigenvalue weighted by Gasteiger charge is -2.05. The highest BCUT2D eigenvalue weighted by Crippen LogP contribution is 2.22. The Labute approximate surface area is 156 Å². The molecule has 1 amide bonds. The number of ketones is 1. The number of amides is 1. The van der Waals surface area contributed by atoms with Gasteiger partial charge in [0.15, 0.2) is 0 Å². The number of aryl methyl sites for hydroxylation is 1. The lowest BCUT2D eigenvalue weighted by atomic mass is 10.0. The molecule has 0 aromatic heterocycles. The van der Waals surface area contributed by atoms with Gasteiger partial charge in [0.2, 0.25) is 5.78 Å². The molecule has 0 saturated carbocycles. The predicted molar refractivity (Wildman–Crippen MR) is 101 cm³/mol. The Hall–Kier alpha value is -1.98. The first-order valence-electron chi connectivity index (χ1n) is 8.42. The van der Waals surface area contributed by atoms with E-state index >= 15 is 0 Å². The summed E-state index contributed by atoms with van der Waals surface area (Å²) in [5.41, 5.74) is 5.07. The van der Waals surface area contributed by atoms with Gasteiger partial charge in [-0.15, -0.1) is 0 Å². The lowest BCUT2D eigenvalue weighted by Crippen LogP contribution is -2.27. The summed E-state index contributed by atoms with van der Waals surface area (Å²) in [6.07, 6.45) is 4.84. The van der Waals surface area contributed by atoms with Gasteiger partial charge in [-0.05, 0) is 48.1 Å². The second-order valence-corrected chi connectivity index (χ2v) is 6.90. The topological polar surface area (TPSA) is 66.4 Å². The van der Waals surface area contributed by atoms with E-state index in [-0.39, 0.29) is 6.42 Å². The second kappa shape index (κ2) is 10.1. The average molecular weight is 404 g/mol. The summed E-state index contributed by atoms with van der Waals surface area (Å²) < 4.78 is 1.08. The monoisotopic (exact) mass is 403 g/mol. The number of unbranched alkanes of at least 4 members (excludes halogenated alkanes) is 3. The molecule has 0 atom stereocenters. The number of hydroxylamine groups is 1. The molecular weight excluding hydrogens is 382 g/mol. The van der Waals surface area contributed by atoms with Crippen molar-refractivity contribution in [3.63, 3.8) is 0 Å². The van der Waals surface area contributed by atoms with Crippen LogP contribution in [0.3, 0.4) is 0 Å². The van der Waals surface area contributed by atoms with Gasteiger partial charge in [0.25, 0.3) is 0 Å². The lowest BCUT2D eigenvalue weighted by molar-refractivity contribution is -0.143. The maximum Gasteiger partial charge on any atom is 0.310 e. The highest BCUT2D eigenvalue weighted by molar-refractivity contribution is 9.10. The van der Waals surface area contributed by atoms with Crippen LogP contribution in [0.4, 0.5) is 0 Å². The Bertz CT molecular complexity index is 696. The van der Waals surface area contributed by atoms with Gasteiger partial charge in [-0.3, -0.25) is 14.8 Å². The Morgan fingerprint density at radius 2 is 1.40 bits per heavy atom. The van der Waals surface area contributed by atoms with Crippen molar-refractivity contribution in [1.29, 1.82) is 0 Å². The van der Waals surface area contributed by atoms with Crippen LogP contribution in [0.5, 0.6) is 0 Å². The number of halogens is 1. The smallest absolute Gasteiger partial charge is 0.289 e. The maximum absolute atomic E-state index is 11.2. The number of benzene rings is 2. The third kappa shape index (κ3) is 6.44. The molecule has 0 unspecified atom stereocenters. The second-order valence-electron chi connectivity index (χ2n) is 5.98.